The third-order valence-corrected chi connectivity index (χ3v) is 5.84. The average Bonchev–Trinajstić information content (AvgIpc) is 2.64. The van der Waals surface area contributed by atoms with Crippen LogP contribution in [0.5, 0.6) is 11.5 Å². The minimum absolute atomic E-state index is 0.0122. The van der Waals surface area contributed by atoms with Crippen molar-refractivity contribution in [3.63, 3.8) is 0 Å². The summed E-state index contributed by atoms with van der Waals surface area (Å²) in [5.74, 6) is -0.0367. The molecule has 2 aromatic carbocycles. The first-order valence-electron chi connectivity index (χ1n) is 8.42. The van der Waals surface area contributed by atoms with E-state index in [4.69, 9.17) is 4.74 Å². The van der Waals surface area contributed by atoms with E-state index in [2.05, 4.69) is 9.46 Å². The van der Waals surface area contributed by atoms with E-state index in [-0.39, 0.29) is 35.0 Å². The number of alkyl halides is 2. The van der Waals surface area contributed by atoms with Gasteiger partial charge in [0.2, 0.25) is 10.0 Å². The highest BCUT2D eigenvalue weighted by Gasteiger charge is 2.22. The first-order chi connectivity index (χ1) is 13.5. The molecule has 0 saturated heterocycles. The summed E-state index contributed by atoms with van der Waals surface area (Å²) in [6.45, 7) is 0.154. The van der Waals surface area contributed by atoms with Gasteiger partial charge in [0.05, 0.1) is 16.9 Å². The Balaban J connectivity index is 2.15. The Morgan fingerprint density at radius 3 is 2.45 bits per heavy atom. The smallest absolute Gasteiger partial charge is 0.387 e. The predicted octanol–water partition coefficient (Wildman–Crippen LogP) is 3.34. The second-order valence-corrected chi connectivity index (χ2v) is 7.89. The molecule has 1 N–H and O–H groups in total. The van der Waals surface area contributed by atoms with Crippen molar-refractivity contribution in [1.29, 1.82) is 0 Å². The third kappa shape index (κ3) is 5.61. The van der Waals surface area contributed by atoms with Gasteiger partial charge < -0.3 is 9.47 Å². The molecule has 0 aliphatic rings. The fourth-order valence-electron chi connectivity index (χ4n) is 2.66. The number of hydrogen-bond donors (Lipinski definition) is 1. The van der Waals surface area contributed by atoms with E-state index in [0.717, 1.165) is 6.07 Å². The molecule has 11 heteroatoms. The molecule has 0 heterocycles. The van der Waals surface area contributed by atoms with Crippen LogP contribution in [0.4, 0.5) is 14.5 Å². The molecule has 2 aromatic rings. The van der Waals surface area contributed by atoms with E-state index >= 15 is 0 Å². The van der Waals surface area contributed by atoms with Crippen molar-refractivity contribution in [3.05, 3.63) is 57.1 Å². The summed E-state index contributed by atoms with van der Waals surface area (Å²) in [6, 6.07) is 6.61. The lowest BCUT2D eigenvalue weighted by Gasteiger charge is -2.13. The number of nitro groups is 1. The standard InChI is InChI=1S/C18H20F2N2O6S/c1-11-8-14(22(23)24)10-17(12(11)2)29(25,26)21-7-6-13-4-5-15(28-18(19)20)16(9-13)27-3/h4-5,8-10,18,21H,6-7H2,1-3H3. The van der Waals surface area contributed by atoms with Crippen molar-refractivity contribution in [2.75, 3.05) is 13.7 Å². The minimum Gasteiger partial charge on any atom is -0.493 e. The SMILES string of the molecule is COc1cc(CCNS(=O)(=O)c2cc([N+](=O)[O-])cc(C)c2C)ccc1OC(F)F. The maximum absolute atomic E-state index is 12.6. The molecule has 2 rings (SSSR count). The molecule has 0 aliphatic carbocycles. The second-order valence-electron chi connectivity index (χ2n) is 6.15. The quantitative estimate of drug-likeness (QED) is 0.483. The van der Waals surface area contributed by atoms with Gasteiger partial charge in [-0.2, -0.15) is 8.78 Å². The zero-order valence-corrected chi connectivity index (χ0v) is 16.8. The topological polar surface area (TPSA) is 108 Å². The maximum atomic E-state index is 12.6. The van der Waals surface area contributed by atoms with Gasteiger partial charge in [0, 0.05) is 18.7 Å². The van der Waals surface area contributed by atoms with Crippen LogP contribution in [0, 0.1) is 24.0 Å². The third-order valence-electron chi connectivity index (χ3n) is 4.25. The molecular weight excluding hydrogens is 410 g/mol. The van der Waals surface area contributed by atoms with Crippen molar-refractivity contribution in [1.82, 2.24) is 4.72 Å². The van der Waals surface area contributed by atoms with Crippen LogP contribution in [0.3, 0.4) is 0 Å². The molecule has 0 saturated carbocycles. The fourth-order valence-corrected chi connectivity index (χ4v) is 4.03. The van der Waals surface area contributed by atoms with Crippen LogP contribution in [0.2, 0.25) is 0 Å². The van der Waals surface area contributed by atoms with Gasteiger partial charge in [-0.15, -0.1) is 0 Å². The van der Waals surface area contributed by atoms with Crippen LogP contribution in [-0.4, -0.2) is 33.6 Å². The van der Waals surface area contributed by atoms with Gasteiger partial charge in [-0.05, 0) is 49.1 Å². The Hall–Kier alpha value is -2.79. The van der Waals surface area contributed by atoms with E-state index in [1.807, 2.05) is 0 Å². The molecule has 0 unspecified atom stereocenters. The minimum atomic E-state index is -3.99. The zero-order chi connectivity index (χ0) is 21.8. The number of methoxy groups -OCH3 is 1. The second kappa shape index (κ2) is 9.14. The molecule has 0 fully saturated rings. The summed E-state index contributed by atoms with van der Waals surface area (Å²) in [5.41, 5.74) is 1.21. The molecule has 0 aromatic heterocycles. The molecule has 8 nitrogen and oxygen atoms in total. The molecule has 0 atom stereocenters. The Morgan fingerprint density at radius 2 is 1.86 bits per heavy atom. The first kappa shape index (κ1) is 22.5. The molecule has 0 spiro atoms. The summed E-state index contributed by atoms with van der Waals surface area (Å²) in [4.78, 5) is 10.2. The zero-order valence-electron chi connectivity index (χ0n) is 15.9. The number of nitrogens with zero attached hydrogens (tertiary/aromatic N) is 1. The monoisotopic (exact) mass is 430 g/mol. The highest BCUT2D eigenvalue weighted by Crippen LogP contribution is 2.30. The van der Waals surface area contributed by atoms with E-state index in [1.165, 1.54) is 31.4 Å². The van der Waals surface area contributed by atoms with Crippen LogP contribution in [0.1, 0.15) is 16.7 Å². The van der Waals surface area contributed by atoms with Gasteiger partial charge in [0.25, 0.3) is 5.69 Å². The average molecular weight is 430 g/mol. The number of sulfonamides is 1. The summed E-state index contributed by atoms with van der Waals surface area (Å²) < 4.78 is 61.7. The van der Waals surface area contributed by atoms with Crippen molar-refractivity contribution in [2.45, 2.75) is 31.8 Å². The predicted molar refractivity (Wildman–Crippen MR) is 101 cm³/mol. The summed E-state index contributed by atoms with van der Waals surface area (Å²) >= 11 is 0. The van der Waals surface area contributed by atoms with Gasteiger partial charge in [-0.1, -0.05) is 6.07 Å². The number of nitro benzene ring substituents is 1. The number of aryl methyl sites for hydroxylation is 1. The molecule has 0 amide bonds. The van der Waals surface area contributed by atoms with Gasteiger partial charge in [-0.3, -0.25) is 10.1 Å². The van der Waals surface area contributed by atoms with Gasteiger partial charge >= 0.3 is 6.61 Å². The number of rotatable bonds is 9. The van der Waals surface area contributed by atoms with Crippen molar-refractivity contribution >= 4 is 15.7 Å². The fraction of sp³-hybridized carbons (Fsp3) is 0.333. The number of nitrogens with one attached hydrogen (secondary N) is 1. The maximum Gasteiger partial charge on any atom is 0.387 e. The summed E-state index contributed by atoms with van der Waals surface area (Å²) in [7, 11) is -2.69. The molecule has 0 aliphatic heterocycles. The molecular formula is C18H20F2N2O6S. The van der Waals surface area contributed by atoms with Gasteiger partial charge in [-0.25, -0.2) is 13.1 Å². The molecule has 29 heavy (non-hydrogen) atoms. The normalized spacial score (nSPS) is 11.5. The number of non-ortho nitro benzene ring substituents is 1. The van der Waals surface area contributed by atoms with E-state index in [9.17, 15) is 27.3 Å². The number of benzene rings is 2. The van der Waals surface area contributed by atoms with Crippen LogP contribution >= 0.6 is 0 Å². The Kier molecular flexibility index (Phi) is 7.09. The Labute approximate surface area is 166 Å². The molecule has 158 valence electrons. The highest BCUT2D eigenvalue weighted by molar-refractivity contribution is 7.89. The lowest BCUT2D eigenvalue weighted by molar-refractivity contribution is -0.385. The van der Waals surface area contributed by atoms with Gasteiger partial charge in [0.15, 0.2) is 11.5 Å². The van der Waals surface area contributed by atoms with E-state index in [0.29, 0.717) is 16.7 Å². The number of ether oxygens (including phenoxy) is 2. The summed E-state index contributed by atoms with van der Waals surface area (Å²) in [5, 5.41) is 11.0. The lowest BCUT2D eigenvalue weighted by Crippen LogP contribution is -2.27. The molecule has 0 bridgehead atoms. The Morgan fingerprint density at radius 1 is 1.17 bits per heavy atom. The van der Waals surface area contributed by atoms with Gasteiger partial charge in [0.1, 0.15) is 0 Å². The van der Waals surface area contributed by atoms with Crippen LogP contribution in [0.25, 0.3) is 0 Å². The van der Waals surface area contributed by atoms with Crippen molar-refractivity contribution < 1.29 is 31.6 Å². The largest absolute Gasteiger partial charge is 0.493 e. The number of hydrogen-bond acceptors (Lipinski definition) is 6. The van der Waals surface area contributed by atoms with Crippen LogP contribution in [-0.2, 0) is 16.4 Å². The highest BCUT2D eigenvalue weighted by atomic mass is 32.2. The van der Waals surface area contributed by atoms with Crippen molar-refractivity contribution in [2.24, 2.45) is 0 Å². The van der Waals surface area contributed by atoms with E-state index in [1.54, 1.807) is 13.8 Å². The van der Waals surface area contributed by atoms with Crippen LogP contribution in [0.15, 0.2) is 35.2 Å². The lowest BCUT2D eigenvalue weighted by atomic mass is 10.1. The summed E-state index contributed by atoms with van der Waals surface area (Å²) in [6.07, 6.45) is 0.234. The number of halogens is 2. The Bertz CT molecular complexity index is 1010. The van der Waals surface area contributed by atoms with E-state index < -0.39 is 21.6 Å². The van der Waals surface area contributed by atoms with Crippen molar-refractivity contribution in [3.8, 4) is 11.5 Å². The first-order valence-corrected chi connectivity index (χ1v) is 9.90. The van der Waals surface area contributed by atoms with Crippen LogP contribution < -0.4 is 14.2 Å². The molecule has 0 radical (unpaired) electrons.